The molecule has 0 aromatic rings. The van der Waals surface area contributed by atoms with Crippen molar-refractivity contribution < 1.29 is 35.0 Å². The summed E-state index contributed by atoms with van der Waals surface area (Å²) in [4.78, 5) is 0. The second-order valence-electron chi connectivity index (χ2n) is 3.83. The second-order valence-corrected chi connectivity index (χ2v) is 3.83. The predicted molar refractivity (Wildman–Crippen MR) is 55.9 cm³/mol. The molecule has 1 aliphatic heterocycles. The number of hydrogen-bond acceptors (Lipinski definition) is 7. The smallest absolute Gasteiger partial charge is 0.186 e. The molecule has 0 bridgehead atoms. The Morgan fingerprint density at radius 3 is 2.41 bits per heavy atom. The molecule has 0 radical (unpaired) electrons. The highest BCUT2D eigenvalue weighted by Gasteiger charge is 2.44. The third-order valence-electron chi connectivity index (χ3n) is 2.55. The van der Waals surface area contributed by atoms with Crippen LogP contribution in [0.3, 0.4) is 0 Å². The van der Waals surface area contributed by atoms with Crippen LogP contribution in [0.15, 0.2) is 12.7 Å². The molecule has 1 unspecified atom stereocenters. The average Bonchev–Trinajstić information content (AvgIpc) is 2.34. The summed E-state index contributed by atoms with van der Waals surface area (Å²) in [6.45, 7) is 2.65. The first-order chi connectivity index (χ1) is 8.01. The van der Waals surface area contributed by atoms with Gasteiger partial charge in [0, 0.05) is 0 Å². The first kappa shape index (κ1) is 14.5. The van der Waals surface area contributed by atoms with Crippen LogP contribution in [0.25, 0.3) is 0 Å². The third kappa shape index (κ3) is 3.46. The van der Waals surface area contributed by atoms with Crippen molar-refractivity contribution in [2.45, 2.75) is 36.8 Å². The summed E-state index contributed by atoms with van der Waals surface area (Å²) in [6, 6.07) is 0. The van der Waals surface area contributed by atoms with Gasteiger partial charge in [0.1, 0.15) is 24.4 Å². The maximum Gasteiger partial charge on any atom is 0.186 e. The van der Waals surface area contributed by atoms with Gasteiger partial charge in [-0.15, -0.1) is 6.58 Å². The molecule has 5 N–H and O–H groups in total. The van der Waals surface area contributed by atoms with Crippen LogP contribution in [0.5, 0.6) is 0 Å². The molecule has 0 spiro atoms. The van der Waals surface area contributed by atoms with Gasteiger partial charge in [0.15, 0.2) is 6.29 Å². The molecular weight excluding hydrogens is 232 g/mol. The average molecular weight is 250 g/mol. The van der Waals surface area contributed by atoms with E-state index in [1.165, 1.54) is 6.08 Å². The number of hydrogen-bond donors (Lipinski definition) is 5. The van der Waals surface area contributed by atoms with Gasteiger partial charge in [0.2, 0.25) is 0 Å². The fourth-order valence-electron chi connectivity index (χ4n) is 1.47. The highest BCUT2D eigenvalue weighted by Crippen LogP contribution is 2.21. The SMILES string of the molecule is C=CC(O)CO[C@H]1O[C@@H](CO)[C@H](O)[C@@H](O)[C@@H]1O. The number of aliphatic hydroxyl groups is 5. The van der Waals surface area contributed by atoms with Gasteiger partial charge in [-0.3, -0.25) is 0 Å². The van der Waals surface area contributed by atoms with Crippen molar-refractivity contribution >= 4 is 0 Å². The van der Waals surface area contributed by atoms with E-state index in [2.05, 4.69) is 6.58 Å². The Morgan fingerprint density at radius 1 is 1.24 bits per heavy atom. The molecule has 0 amide bonds. The van der Waals surface area contributed by atoms with Crippen molar-refractivity contribution in [2.24, 2.45) is 0 Å². The van der Waals surface area contributed by atoms with Gasteiger partial charge in [-0.25, -0.2) is 0 Å². The van der Waals surface area contributed by atoms with Crippen molar-refractivity contribution in [1.82, 2.24) is 0 Å². The Labute approximate surface area is 98.5 Å². The third-order valence-corrected chi connectivity index (χ3v) is 2.55. The quantitative estimate of drug-likeness (QED) is 0.338. The lowest BCUT2D eigenvalue weighted by atomic mass is 9.99. The maximum absolute atomic E-state index is 9.56. The highest BCUT2D eigenvalue weighted by atomic mass is 16.7. The Balaban J connectivity index is 2.56. The van der Waals surface area contributed by atoms with E-state index in [1.54, 1.807) is 0 Å². The molecular formula is C10H18O7. The van der Waals surface area contributed by atoms with E-state index in [0.29, 0.717) is 0 Å². The summed E-state index contributed by atoms with van der Waals surface area (Å²) in [6.07, 6.45) is -6.28. The Hall–Kier alpha value is -0.540. The fraction of sp³-hybridized carbons (Fsp3) is 0.800. The van der Waals surface area contributed by atoms with Crippen molar-refractivity contribution in [2.75, 3.05) is 13.2 Å². The topological polar surface area (TPSA) is 120 Å². The van der Waals surface area contributed by atoms with E-state index in [-0.39, 0.29) is 6.61 Å². The van der Waals surface area contributed by atoms with Gasteiger partial charge in [-0.2, -0.15) is 0 Å². The lowest BCUT2D eigenvalue weighted by Crippen LogP contribution is -2.59. The number of aliphatic hydroxyl groups excluding tert-OH is 5. The summed E-state index contributed by atoms with van der Waals surface area (Å²) in [5.74, 6) is 0. The predicted octanol–water partition coefficient (Wildman–Crippen LogP) is -2.65. The largest absolute Gasteiger partial charge is 0.394 e. The molecule has 17 heavy (non-hydrogen) atoms. The second kappa shape index (κ2) is 6.41. The highest BCUT2D eigenvalue weighted by molar-refractivity contribution is 4.89. The van der Waals surface area contributed by atoms with Crippen LogP contribution in [-0.2, 0) is 9.47 Å². The van der Waals surface area contributed by atoms with Crippen LogP contribution in [-0.4, -0.2) is 75.6 Å². The van der Waals surface area contributed by atoms with E-state index in [9.17, 15) is 20.4 Å². The fourth-order valence-corrected chi connectivity index (χ4v) is 1.47. The van der Waals surface area contributed by atoms with Crippen molar-refractivity contribution in [1.29, 1.82) is 0 Å². The maximum atomic E-state index is 9.56. The zero-order valence-corrected chi connectivity index (χ0v) is 9.22. The van der Waals surface area contributed by atoms with E-state index in [4.69, 9.17) is 14.6 Å². The summed E-state index contributed by atoms with van der Waals surface area (Å²) in [5.41, 5.74) is 0. The van der Waals surface area contributed by atoms with Crippen LogP contribution < -0.4 is 0 Å². The lowest BCUT2D eigenvalue weighted by Gasteiger charge is -2.39. The van der Waals surface area contributed by atoms with E-state index in [0.717, 1.165) is 0 Å². The molecule has 1 heterocycles. The van der Waals surface area contributed by atoms with Crippen LogP contribution in [0.2, 0.25) is 0 Å². The molecule has 1 saturated heterocycles. The minimum atomic E-state index is -1.48. The normalized spacial score (nSPS) is 39.9. The molecule has 7 nitrogen and oxygen atoms in total. The Kier molecular flexibility index (Phi) is 5.47. The van der Waals surface area contributed by atoms with Crippen molar-refractivity contribution in [3.63, 3.8) is 0 Å². The first-order valence-corrected chi connectivity index (χ1v) is 5.24. The summed E-state index contributed by atoms with van der Waals surface area (Å²) >= 11 is 0. The Morgan fingerprint density at radius 2 is 1.88 bits per heavy atom. The molecule has 0 saturated carbocycles. The van der Waals surface area contributed by atoms with Crippen molar-refractivity contribution in [3.05, 3.63) is 12.7 Å². The van der Waals surface area contributed by atoms with Gasteiger partial charge in [-0.1, -0.05) is 6.08 Å². The van der Waals surface area contributed by atoms with Gasteiger partial charge >= 0.3 is 0 Å². The van der Waals surface area contributed by atoms with Crippen molar-refractivity contribution in [3.8, 4) is 0 Å². The summed E-state index contributed by atoms with van der Waals surface area (Å²) < 4.78 is 10.1. The zero-order valence-electron chi connectivity index (χ0n) is 9.22. The van der Waals surface area contributed by atoms with Crippen LogP contribution in [0.4, 0.5) is 0 Å². The molecule has 1 aliphatic rings. The van der Waals surface area contributed by atoms with Gasteiger partial charge in [-0.05, 0) is 0 Å². The monoisotopic (exact) mass is 250 g/mol. The van der Waals surface area contributed by atoms with Crippen LogP contribution in [0.1, 0.15) is 0 Å². The van der Waals surface area contributed by atoms with Crippen LogP contribution in [0, 0.1) is 0 Å². The molecule has 6 atom stereocenters. The molecule has 1 fully saturated rings. The summed E-state index contributed by atoms with van der Waals surface area (Å²) in [5, 5.41) is 46.6. The number of rotatable bonds is 5. The molecule has 0 aliphatic carbocycles. The molecule has 0 aromatic carbocycles. The molecule has 1 rings (SSSR count). The van der Waals surface area contributed by atoms with Crippen LogP contribution >= 0.6 is 0 Å². The molecule has 0 aromatic heterocycles. The van der Waals surface area contributed by atoms with Gasteiger partial charge in [0.25, 0.3) is 0 Å². The van der Waals surface area contributed by atoms with E-state index in [1.807, 2.05) is 0 Å². The lowest BCUT2D eigenvalue weighted by molar-refractivity contribution is -0.303. The number of ether oxygens (including phenoxy) is 2. The van der Waals surface area contributed by atoms with Gasteiger partial charge in [0.05, 0.1) is 19.3 Å². The van der Waals surface area contributed by atoms with E-state index >= 15 is 0 Å². The first-order valence-electron chi connectivity index (χ1n) is 5.24. The minimum Gasteiger partial charge on any atom is -0.394 e. The van der Waals surface area contributed by atoms with E-state index < -0.39 is 43.4 Å². The zero-order chi connectivity index (χ0) is 13.0. The molecule has 100 valence electrons. The minimum absolute atomic E-state index is 0.174. The van der Waals surface area contributed by atoms with Gasteiger partial charge < -0.3 is 35.0 Å². The molecule has 7 heteroatoms. The standard InChI is InChI=1S/C10H18O7/c1-2-5(12)4-16-10-9(15)8(14)7(13)6(3-11)17-10/h2,5-15H,1,3-4H2/t5?,6-,7-,8+,9-,10-/m0/s1. The summed E-state index contributed by atoms with van der Waals surface area (Å²) in [7, 11) is 0. The Bertz CT molecular complexity index is 245.